The normalized spacial score (nSPS) is 13.2. The topological polar surface area (TPSA) is 85.0 Å². The van der Waals surface area contributed by atoms with E-state index in [1.807, 2.05) is 41.4 Å². The van der Waals surface area contributed by atoms with Gasteiger partial charge in [0.1, 0.15) is 0 Å². The van der Waals surface area contributed by atoms with Gasteiger partial charge >= 0.3 is 188 Å². The number of hydrogen-bond acceptors (Lipinski definition) is 6. The molecule has 0 atom stereocenters. The molecule has 0 saturated heterocycles. The van der Waals surface area contributed by atoms with Crippen LogP contribution in [0, 0.1) is 0 Å². The molecule has 0 unspecified atom stereocenters. The fraction of sp³-hybridized carbons (Fsp3) is 0.111. The summed E-state index contributed by atoms with van der Waals surface area (Å²) in [6.45, 7) is 1.82. The van der Waals surface area contributed by atoms with Crippen molar-refractivity contribution in [2.75, 3.05) is 11.9 Å². The molecule has 8 nitrogen and oxygen atoms in total. The van der Waals surface area contributed by atoms with Gasteiger partial charge in [-0.2, -0.15) is 0 Å². The third-order valence-electron chi connectivity index (χ3n) is 6.56. The summed E-state index contributed by atoms with van der Waals surface area (Å²) in [4.78, 5) is 18.8. The van der Waals surface area contributed by atoms with Crippen molar-refractivity contribution < 1.29 is 0 Å². The van der Waals surface area contributed by atoms with Crippen LogP contribution in [0.1, 0.15) is 11.4 Å². The number of para-hydroxylation sites is 2. The molecule has 1 aliphatic rings. The first-order valence-electron chi connectivity index (χ1n) is 11.9. The molecule has 0 saturated carbocycles. The number of nitrogens with one attached hydrogen (secondary N) is 2. The Morgan fingerprint density at radius 1 is 0.944 bits per heavy atom. The molecule has 1 aliphatic heterocycles. The first kappa shape index (κ1) is 21.6. The Morgan fingerprint density at radius 3 is 2.86 bits per heavy atom. The quantitative estimate of drug-likeness (QED) is 0.282. The van der Waals surface area contributed by atoms with Crippen molar-refractivity contribution >= 4 is 57.2 Å². The SMILES string of the molecule is [Tl][c]1cnc(Nc2cccc(-c3ccc4nc5c(n4c3)CCNC5)c2)nc1-n1cnc2ccccc21. The molecule has 2 aromatic carbocycles. The summed E-state index contributed by atoms with van der Waals surface area (Å²) >= 11 is 0.600. The molecule has 0 radical (unpaired) electrons. The van der Waals surface area contributed by atoms with Crippen LogP contribution in [0.15, 0.2) is 79.4 Å². The second-order valence-corrected chi connectivity index (χ2v) is 11.3. The molecule has 7 rings (SSSR count). The van der Waals surface area contributed by atoms with Crippen LogP contribution in [0.3, 0.4) is 0 Å². The second kappa shape index (κ2) is 8.79. The van der Waals surface area contributed by atoms with Crippen LogP contribution in [0.25, 0.3) is 33.6 Å². The number of hydrogen-bond donors (Lipinski definition) is 2. The van der Waals surface area contributed by atoms with E-state index in [1.165, 1.54) is 5.69 Å². The summed E-state index contributed by atoms with van der Waals surface area (Å²) in [6.07, 6.45) is 6.94. The van der Waals surface area contributed by atoms with E-state index in [0.717, 1.165) is 67.6 Å². The second-order valence-electron chi connectivity index (χ2n) is 8.86. The van der Waals surface area contributed by atoms with Gasteiger partial charge in [0.15, 0.2) is 0 Å². The summed E-state index contributed by atoms with van der Waals surface area (Å²) in [5.74, 6) is 1.45. The molecule has 0 bridgehead atoms. The zero-order valence-corrected chi connectivity index (χ0v) is 23.9. The Bertz CT molecular complexity index is 1750. The van der Waals surface area contributed by atoms with E-state index in [0.29, 0.717) is 31.7 Å². The summed E-state index contributed by atoms with van der Waals surface area (Å²) in [5.41, 5.74) is 8.65. The molecule has 172 valence electrons. The molecule has 0 spiro atoms. The molecule has 4 aromatic heterocycles. The van der Waals surface area contributed by atoms with Gasteiger partial charge in [-0.1, -0.05) is 0 Å². The van der Waals surface area contributed by atoms with Crippen LogP contribution < -0.4 is 13.8 Å². The van der Waals surface area contributed by atoms with Crippen LogP contribution in [0.5, 0.6) is 0 Å². The maximum absolute atomic E-state index is 4.87. The Labute approximate surface area is 223 Å². The predicted octanol–water partition coefficient (Wildman–Crippen LogP) is 3.31. The number of pyridine rings is 1. The first-order chi connectivity index (χ1) is 17.7. The molecule has 0 fully saturated rings. The first-order valence-corrected chi connectivity index (χ1v) is 14.1. The van der Waals surface area contributed by atoms with E-state index in [2.05, 4.69) is 67.6 Å². The van der Waals surface area contributed by atoms with Gasteiger partial charge in [0, 0.05) is 19.5 Å². The van der Waals surface area contributed by atoms with Crippen LogP contribution in [0.2, 0.25) is 0 Å². The van der Waals surface area contributed by atoms with Gasteiger partial charge in [-0.25, -0.2) is 4.98 Å². The zero-order valence-electron chi connectivity index (χ0n) is 19.4. The van der Waals surface area contributed by atoms with Gasteiger partial charge in [0.05, 0.1) is 5.69 Å². The van der Waals surface area contributed by atoms with Crippen LogP contribution in [0.4, 0.5) is 11.6 Å². The van der Waals surface area contributed by atoms with Crippen molar-refractivity contribution in [1.29, 1.82) is 0 Å². The Morgan fingerprint density at radius 2 is 1.89 bits per heavy atom. The summed E-state index contributed by atoms with van der Waals surface area (Å²) in [7, 11) is 0. The minimum absolute atomic E-state index is 0.566. The van der Waals surface area contributed by atoms with E-state index < -0.39 is 0 Å². The van der Waals surface area contributed by atoms with E-state index in [4.69, 9.17) is 9.97 Å². The minimum atomic E-state index is 0.566. The Kier molecular flexibility index (Phi) is 5.28. The third kappa shape index (κ3) is 3.77. The Balaban J connectivity index is 1.22. The summed E-state index contributed by atoms with van der Waals surface area (Å²) in [5, 5.41) is 6.81. The number of imidazole rings is 2. The number of anilines is 2. The monoisotopic (exact) mass is 662 g/mol. The molecule has 9 heteroatoms. The zero-order chi connectivity index (χ0) is 24.1. The molecule has 2 N–H and O–H groups in total. The van der Waals surface area contributed by atoms with Crippen LogP contribution in [-0.4, -0.2) is 61.2 Å². The molecular weight excluding hydrogens is 641 g/mol. The van der Waals surface area contributed by atoms with Gasteiger partial charge in [-0.05, 0) is 0 Å². The average molecular weight is 662 g/mol. The van der Waals surface area contributed by atoms with Crippen LogP contribution in [-0.2, 0) is 13.0 Å². The van der Waals surface area contributed by atoms with Gasteiger partial charge in [0.25, 0.3) is 0 Å². The van der Waals surface area contributed by atoms with Crippen molar-refractivity contribution in [3.05, 3.63) is 90.8 Å². The number of benzene rings is 2. The fourth-order valence-electron chi connectivity index (χ4n) is 4.80. The Hall–Kier alpha value is -3.64. The van der Waals surface area contributed by atoms with Crippen molar-refractivity contribution in [2.24, 2.45) is 0 Å². The van der Waals surface area contributed by atoms with Crippen molar-refractivity contribution in [1.82, 2.24) is 34.2 Å². The maximum atomic E-state index is 4.87. The van der Waals surface area contributed by atoms with Crippen molar-refractivity contribution in [3.8, 4) is 16.9 Å². The third-order valence-corrected chi connectivity index (χ3v) is 8.14. The number of nitrogens with zero attached hydrogens (tertiary/aromatic N) is 6. The number of fused-ring (bicyclic) bond motifs is 4. The summed E-state index contributed by atoms with van der Waals surface area (Å²) in [6, 6.07) is 20.7. The molecule has 5 heterocycles. The van der Waals surface area contributed by atoms with Crippen molar-refractivity contribution in [2.45, 2.75) is 13.0 Å². The van der Waals surface area contributed by atoms with Crippen LogP contribution >= 0.6 is 0 Å². The summed E-state index contributed by atoms with van der Waals surface area (Å²) < 4.78 is 5.43. The van der Waals surface area contributed by atoms with E-state index in [1.54, 1.807) is 0 Å². The van der Waals surface area contributed by atoms with Crippen molar-refractivity contribution in [3.63, 3.8) is 0 Å². The van der Waals surface area contributed by atoms with Gasteiger partial charge in [-0.3, -0.25) is 0 Å². The molecule has 36 heavy (non-hydrogen) atoms. The predicted molar refractivity (Wildman–Crippen MR) is 141 cm³/mol. The van der Waals surface area contributed by atoms with Gasteiger partial charge in [0.2, 0.25) is 0 Å². The number of rotatable bonds is 4. The fourth-order valence-corrected chi connectivity index (χ4v) is 5.88. The van der Waals surface area contributed by atoms with Gasteiger partial charge in [-0.15, -0.1) is 0 Å². The standard InChI is InChI=1S/C27H21N8.Tl/c1-2-7-23-21(6-1)30-17-35(23)26-11-13-29-27(33-26)31-20-5-3-4-18(14-20)19-8-9-25-32-22-15-28-12-10-24(22)34(25)16-19;/h1-9,13-14,16-17,28H,10,12,15H2,(H,29,31,33);. The number of aromatic nitrogens is 6. The van der Waals surface area contributed by atoms with Gasteiger partial charge < -0.3 is 5.32 Å². The molecular formula is C27H21N8Tl. The van der Waals surface area contributed by atoms with E-state index in [9.17, 15) is 0 Å². The molecule has 0 amide bonds. The average Bonchev–Trinajstić information content (AvgIpc) is 3.51. The van der Waals surface area contributed by atoms with E-state index >= 15 is 0 Å². The van der Waals surface area contributed by atoms with E-state index in [-0.39, 0.29) is 0 Å². The molecule has 6 aromatic rings. The molecule has 0 aliphatic carbocycles.